The van der Waals surface area contributed by atoms with Crippen molar-refractivity contribution in [3.05, 3.63) is 52.7 Å². The number of para-hydroxylation sites is 2. The number of hydrogen-bond donors (Lipinski definition) is 1. The molecule has 1 aromatic heterocycles. The van der Waals surface area contributed by atoms with Crippen LogP contribution in [0, 0.1) is 10.1 Å². The van der Waals surface area contributed by atoms with Crippen molar-refractivity contribution in [3.8, 4) is 17.2 Å². The highest BCUT2D eigenvalue weighted by molar-refractivity contribution is 5.99. The topological polar surface area (TPSA) is 108 Å². The second-order valence-corrected chi connectivity index (χ2v) is 7.42. The Labute approximate surface area is 191 Å². The number of methoxy groups -OCH3 is 2. The van der Waals surface area contributed by atoms with E-state index in [1.165, 1.54) is 13.3 Å². The van der Waals surface area contributed by atoms with Gasteiger partial charge < -0.3 is 24.3 Å². The Morgan fingerprint density at radius 3 is 2.61 bits per heavy atom. The number of hydrogen-bond acceptors (Lipinski definition) is 9. The standard InChI is InChI=1S/C23H26N4O6/c1-30-20-6-4-3-5-17(20)25-23-16-13-21(31-2)22(14-18(16)24-15-19(23)27(28)29)33-12-9-26-7-10-32-11-8-26/h3-6,13-15H,7-12H2,1-2H3,(H,24,25). The summed E-state index contributed by atoms with van der Waals surface area (Å²) in [7, 11) is 3.08. The zero-order valence-corrected chi connectivity index (χ0v) is 18.6. The first-order valence-corrected chi connectivity index (χ1v) is 10.6. The zero-order valence-electron chi connectivity index (χ0n) is 18.6. The van der Waals surface area contributed by atoms with Gasteiger partial charge in [-0.05, 0) is 18.2 Å². The van der Waals surface area contributed by atoms with Gasteiger partial charge in [0.15, 0.2) is 11.5 Å². The lowest BCUT2D eigenvalue weighted by atomic mass is 10.1. The lowest BCUT2D eigenvalue weighted by molar-refractivity contribution is -0.384. The van der Waals surface area contributed by atoms with Crippen molar-refractivity contribution in [2.24, 2.45) is 0 Å². The molecule has 1 N–H and O–H groups in total. The van der Waals surface area contributed by atoms with E-state index in [9.17, 15) is 10.1 Å². The summed E-state index contributed by atoms with van der Waals surface area (Å²) in [5.41, 5.74) is 1.28. The van der Waals surface area contributed by atoms with Crippen LogP contribution in [-0.4, -0.2) is 68.5 Å². The molecule has 174 valence electrons. The molecule has 33 heavy (non-hydrogen) atoms. The van der Waals surface area contributed by atoms with Crippen molar-refractivity contribution >= 4 is 28.0 Å². The average molecular weight is 454 g/mol. The van der Waals surface area contributed by atoms with E-state index in [0.717, 1.165) is 32.8 Å². The number of benzene rings is 2. The van der Waals surface area contributed by atoms with Crippen LogP contribution >= 0.6 is 0 Å². The van der Waals surface area contributed by atoms with Gasteiger partial charge in [-0.25, -0.2) is 4.98 Å². The maximum Gasteiger partial charge on any atom is 0.311 e. The predicted molar refractivity (Wildman–Crippen MR) is 124 cm³/mol. The number of pyridine rings is 1. The number of nitrogens with one attached hydrogen (secondary N) is 1. The van der Waals surface area contributed by atoms with E-state index in [1.54, 1.807) is 31.4 Å². The number of nitro groups is 1. The summed E-state index contributed by atoms with van der Waals surface area (Å²) in [5.74, 6) is 1.56. The SMILES string of the molecule is COc1ccccc1Nc1c([N+](=O)[O-])cnc2cc(OCCN3CCOCC3)c(OC)cc12. The van der Waals surface area contributed by atoms with Crippen LogP contribution in [0.5, 0.6) is 17.2 Å². The molecule has 0 bridgehead atoms. The minimum absolute atomic E-state index is 0.156. The molecule has 0 amide bonds. The highest BCUT2D eigenvalue weighted by Gasteiger charge is 2.22. The number of aromatic nitrogens is 1. The summed E-state index contributed by atoms with van der Waals surface area (Å²) < 4.78 is 22.3. The Balaban J connectivity index is 1.67. The lowest BCUT2D eigenvalue weighted by Gasteiger charge is -2.26. The van der Waals surface area contributed by atoms with E-state index in [2.05, 4.69) is 15.2 Å². The molecule has 0 spiro atoms. The largest absolute Gasteiger partial charge is 0.495 e. The second-order valence-electron chi connectivity index (χ2n) is 7.42. The molecule has 0 atom stereocenters. The third-order valence-electron chi connectivity index (χ3n) is 5.47. The molecule has 3 aromatic rings. The Morgan fingerprint density at radius 2 is 1.88 bits per heavy atom. The van der Waals surface area contributed by atoms with Crippen molar-refractivity contribution in [2.75, 3.05) is 59.0 Å². The molecule has 10 heteroatoms. The van der Waals surface area contributed by atoms with Gasteiger partial charge in [-0.2, -0.15) is 0 Å². The number of morpholine rings is 1. The number of anilines is 2. The number of nitrogens with zero attached hydrogens (tertiary/aromatic N) is 3. The fourth-order valence-corrected chi connectivity index (χ4v) is 3.72. The Kier molecular flexibility index (Phi) is 7.06. The van der Waals surface area contributed by atoms with Gasteiger partial charge in [-0.15, -0.1) is 0 Å². The second kappa shape index (κ2) is 10.3. The molecule has 1 aliphatic heterocycles. The summed E-state index contributed by atoms with van der Waals surface area (Å²) in [4.78, 5) is 17.9. The van der Waals surface area contributed by atoms with Gasteiger partial charge in [0.1, 0.15) is 24.2 Å². The van der Waals surface area contributed by atoms with Crippen molar-refractivity contribution in [2.45, 2.75) is 0 Å². The highest BCUT2D eigenvalue weighted by Crippen LogP contribution is 2.41. The van der Waals surface area contributed by atoms with Crippen molar-refractivity contribution < 1.29 is 23.9 Å². The molecule has 1 aliphatic rings. The predicted octanol–water partition coefficient (Wildman–Crippen LogP) is 3.61. The van der Waals surface area contributed by atoms with Gasteiger partial charge in [0.2, 0.25) is 0 Å². The highest BCUT2D eigenvalue weighted by atomic mass is 16.6. The molecule has 0 saturated carbocycles. The first-order valence-electron chi connectivity index (χ1n) is 10.6. The van der Waals surface area contributed by atoms with Gasteiger partial charge in [0.25, 0.3) is 0 Å². The maximum atomic E-state index is 11.7. The summed E-state index contributed by atoms with van der Waals surface area (Å²) >= 11 is 0. The van der Waals surface area contributed by atoms with Gasteiger partial charge in [-0.1, -0.05) is 12.1 Å². The smallest absolute Gasteiger partial charge is 0.311 e. The molecule has 4 rings (SSSR count). The van der Waals surface area contributed by atoms with Gasteiger partial charge in [-0.3, -0.25) is 15.0 Å². The minimum atomic E-state index is -0.469. The molecule has 1 saturated heterocycles. The molecular weight excluding hydrogens is 428 g/mol. The van der Waals surface area contributed by atoms with E-state index in [1.807, 2.05) is 12.1 Å². The molecule has 10 nitrogen and oxygen atoms in total. The summed E-state index contributed by atoms with van der Waals surface area (Å²) in [6, 6.07) is 10.7. The first-order chi connectivity index (χ1) is 16.1. The van der Waals surface area contributed by atoms with Crippen molar-refractivity contribution in [1.82, 2.24) is 9.88 Å². The van der Waals surface area contributed by atoms with E-state index >= 15 is 0 Å². The molecule has 0 radical (unpaired) electrons. The molecule has 0 unspecified atom stereocenters. The van der Waals surface area contributed by atoms with Crippen LogP contribution < -0.4 is 19.5 Å². The van der Waals surface area contributed by atoms with Gasteiger partial charge in [0.05, 0.1) is 43.6 Å². The molecule has 2 heterocycles. The summed E-state index contributed by atoms with van der Waals surface area (Å²) in [6.45, 7) is 4.44. The van der Waals surface area contributed by atoms with Crippen molar-refractivity contribution in [3.63, 3.8) is 0 Å². The molecular formula is C23H26N4O6. The van der Waals surface area contributed by atoms with Crippen LogP contribution in [-0.2, 0) is 4.74 Å². The van der Waals surface area contributed by atoms with E-state index < -0.39 is 4.92 Å². The van der Waals surface area contributed by atoms with Gasteiger partial charge >= 0.3 is 5.69 Å². The van der Waals surface area contributed by atoms with Gasteiger partial charge in [0, 0.05) is 31.1 Å². The number of ether oxygens (including phenoxy) is 4. The summed E-state index contributed by atoms with van der Waals surface area (Å²) in [6.07, 6.45) is 1.24. The van der Waals surface area contributed by atoms with Crippen LogP contribution in [0.25, 0.3) is 10.9 Å². The molecule has 1 fully saturated rings. The fraction of sp³-hybridized carbons (Fsp3) is 0.348. The quantitative estimate of drug-likeness (QED) is 0.383. The van der Waals surface area contributed by atoms with Crippen LogP contribution in [0.3, 0.4) is 0 Å². The van der Waals surface area contributed by atoms with E-state index in [0.29, 0.717) is 46.1 Å². The minimum Gasteiger partial charge on any atom is -0.495 e. The molecule has 2 aromatic carbocycles. The lowest BCUT2D eigenvalue weighted by Crippen LogP contribution is -2.38. The van der Waals surface area contributed by atoms with Crippen LogP contribution in [0.2, 0.25) is 0 Å². The number of rotatable bonds is 9. The van der Waals surface area contributed by atoms with Crippen LogP contribution in [0.15, 0.2) is 42.6 Å². The average Bonchev–Trinajstić information content (AvgIpc) is 2.84. The summed E-state index contributed by atoms with van der Waals surface area (Å²) in [5, 5.41) is 15.4. The Morgan fingerprint density at radius 1 is 1.12 bits per heavy atom. The van der Waals surface area contributed by atoms with E-state index in [4.69, 9.17) is 18.9 Å². The van der Waals surface area contributed by atoms with E-state index in [-0.39, 0.29) is 5.69 Å². The Bertz CT molecular complexity index is 1130. The Hall–Kier alpha value is -3.63. The van der Waals surface area contributed by atoms with Crippen LogP contribution in [0.4, 0.5) is 17.1 Å². The number of fused-ring (bicyclic) bond motifs is 1. The van der Waals surface area contributed by atoms with Crippen molar-refractivity contribution in [1.29, 1.82) is 0 Å². The fourth-order valence-electron chi connectivity index (χ4n) is 3.72. The third kappa shape index (κ3) is 5.07. The maximum absolute atomic E-state index is 11.7. The monoisotopic (exact) mass is 454 g/mol. The normalized spacial score (nSPS) is 14.1. The van der Waals surface area contributed by atoms with Crippen LogP contribution in [0.1, 0.15) is 0 Å². The zero-order chi connectivity index (χ0) is 23.2. The third-order valence-corrected chi connectivity index (χ3v) is 5.47. The first kappa shape index (κ1) is 22.6. The molecule has 0 aliphatic carbocycles.